The minimum atomic E-state index is -0.480. The number of hydrogen-bond donors (Lipinski definition) is 2. The molecule has 4 aromatic rings. The van der Waals surface area contributed by atoms with Crippen LogP contribution in [0.3, 0.4) is 0 Å². The van der Waals surface area contributed by atoms with Crippen molar-refractivity contribution < 1.29 is 9.72 Å². The van der Waals surface area contributed by atoms with Gasteiger partial charge in [0.1, 0.15) is 9.71 Å². The predicted molar refractivity (Wildman–Crippen MR) is 120 cm³/mol. The number of nitro benzene ring substituents is 1. The monoisotopic (exact) mass is 436 g/mol. The number of rotatable bonds is 4. The Morgan fingerprint density at radius 1 is 1.20 bits per heavy atom. The number of aryl methyl sites for hydroxylation is 1. The summed E-state index contributed by atoms with van der Waals surface area (Å²) in [5.41, 5.74) is 10.8. The number of nitrogens with one attached hydrogen (secondary N) is 1. The van der Waals surface area contributed by atoms with Crippen LogP contribution >= 0.6 is 22.7 Å². The third kappa shape index (κ3) is 3.03. The van der Waals surface area contributed by atoms with Crippen LogP contribution in [0, 0.1) is 10.1 Å². The molecule has 0 spiro atoms. The van der Waals surface area contributed by atoms with Gasteiger partial charge >= 0.3 is 0 Å². The summed E-state index contributed by atoms with van der Waals surface area (Å²) in [5.74, 6) is -0.346. The number of carbonyl (C=O) groups excluding carboxylic acids is 1. The zero-order valence-electron chi connectivity index (χ0n) is 15.7. The summed E-state index contributed by atoms with van der Waals surface area (Å²) < 4.78 is 0. The van der Waals surface area contributed by atoms with E-state index < -0.39 is 4.92 Å². The van der Waals surface area contributed by atoms with Crippen molar-refractivity contribution >= 4 is 55.9 Å². The van der Waals surface area contributed by atoms with Crippen LogP contribution in [0.15, 0.2) is 41.8 Å². The van der Waals surface area contributed by atoms with Gasteiger partial charge in [-0.05, 0) is 48.4 Å². The lowest BCUT2D eigenvalue weighted by Gasteiger charge is -2.09. The van der Waals surface area contributed by atoms with E-state index in [-0.39, 0.29) is 11.6 Å². The van der Waals surface area contributed by atoms with Gasteiger partial charge in [0.05, 0.1) is 10.6 Å². The van der Waals surface area contributed by atoms with Crippen LogP contribution in [-0.2, 0) is 12.8 Å². The average Bonchev–Trinajstić information content (AvgIpc) is 3.47. The largest absolute Gasteiger partial charge is 0.397 e. The Balaban J connectivity index is 1.57. The number of anilines is 2. The van der Waals surface area contributed by atoms with Gasteiger partial charge in [-0.3, -0.25) is 14.9 Å². The molecule has 3 N–H and O–H groups in total. The summed E-state index contributed by atoms with van der Waals surface area (Å²) in [7, 11) is 0. The maximum Gasteiger partial charge on any atom is 0.269 e. The van der Waals surface area contributed by atoms with Crippen molar-refractivity contribution in [3.05, 3.63) is 68.0 Å². The van der Waals surface area contributed by atoms with Crippen molar-refractivity contribution in [1.29, 1.82) is 0 Å². The number of nitrogens with two attached hydrogens (primary N) is 1. The van der Waals surface area contributed by atoms with E-state index in [9.17, 15) is 14.9 Å². The summed E-state index contributed by atoms with van der Waals surface area (Å²) in [6.07, 6.45) is 2.97. The van der Waals surface area contributed by atoms with Crippen molar-refractivity contribution in [2.75, 3.05) is 11.1 Å². The molecular formula is C21H16N4O3S2. The first-order valence-corrected chi connectivity index (χ1v) is 11.1. The fourth-order valence-corrected chi connectivity index (χ4v) is 5.68. The Morgan fingerprint density at radius 2 is 2.00 bits per heavy atom. The minimum absolute atomic E-state index is 0.0336. The predicted octanol–water partition coefficient (Wildman–Crippen LogP) is 5.26. The van der Waals surface area contributed by atoms with Crippen molar-refractivity contribution in [3.63, 3.8) is 0 Å². The first-order chi connectivity index (χ1) is 14.5. The van der Waals surface area contributed by atoms with E-state index in [2.05, 4.69) is 11.4 Å². The molecule has 1 aliphatic carbocycles. The van der Waals surface area contributed by atoms with E-state index in [4.69, 9.17) is 10.7 Å². The molecule has 150 valence electrons. The number of carbonyl (C=O) groups is 1. The number of aromatic nitrogens is 1. The lowest BCUT2D eigenvalue weighted by atomic mass is 10.0. The molecule has 0 atom stereocenters. The SMILES string of the molecule is Nc1c(C(=O)Nc2ccc([N+](=O)[O-])cc2)sc2nc3c(c(-c4cccs4)c12)CCC3. The number of pyridine rings is 1. The van der Waals surface area contributed by atoms with Gasteiger partial charge in [-0.1, -0.05) is 6.07 Å². The third-order valence-corrected chi connectivity index (χ3v) is 7.20. The summed E-state index contributed by atoms with van der Waals surface area (Å²) in [6, 6.07) is 9.80. The van der Waals surface area contributed by atoms with Crippen LogP contribution < -0.4 is 11.1 Å². The highest BCUT2D eigenvalue weighted by Crippen LogP contribution is 2.45. The van der Waals surface area contributed by atoms with Gasteiger partial charge < -0.3 is 11.1 Å². The van der Waals surface area contributed by atoms with Crippen molar-refractivity contribution in [3.8, 4) is 10.4 Å². The quantitative estimate of drug-likeness (QED) is 0.335. The number of nitrogens with zero attached hydrogens (tertiary/aromatic N) is 2. The van der Waals surface area contributed by atoms with Crippen LogP contribution in [0.1, 0.15) is 27.3 Å². The van der Waals surface area contributed by atoms with E-state index in [1.54, 1.807) is 11.3 Å². The molecule has 3 heterocycles. The summed E-state index contributed by atoms with van der Waals surface area (Å²) >= 11 is 2.94. The average molecular weight is 437 g/mol. The number of benzene rings is 1. The van der Waals surface area contributed by atoms with E-state index in [0.29, 0.717) is 16.3 Å². The molecule has 7 nitrogen and oxygen atoms in total. The lowest BCUT2D eigenvalue weighted by Crippen LogP contribution is -2.12. The topological polar surface area (TPSA) is 111 Å². The van der Waals surface area contributed by atoms with Crippen LogP contribution in [0.25, 0.3) is 20.7 Å². The fraction of sp³-hybridized carbons (Fsp3) is 0.143. The Labute approximate surface area is 179 Å². The van der Waals surface area contributed by atoms with Gasteiger partial charge in [-0.15, -0.1) is 22.7 Å². The van der Waals surface area contributed by atoms with E-state index in [1.807, 2.05) is 11.4 Å². The molecule has 0 radical (unpaired) electrons. The number of hydrogen-bond acceptors (Lipinski definition) is 7. The van der Waals surface area contributed by atoms with Crippen LogP contribution in [-0.4, -0.2) is 15.8 Å². The van der Waals surface area contributed by atoms with E-state index >= 15 is 0 Å². The summed E-state index contributed by atoms with van der Waals surface area (Å²) in [6.45, 7) is 0. The van der Waals surface area contributed by atoms with Gasteiger partial charge in [-0.25, -0.2) is 4.98 Å². The maximum absolute atomic E-state index is 12.9. The fourth-order valence-electron chi connectivity index (χ4n) is 3.86. The zero-order chi connectivity index (χ0) is 20.8. The molecule has 3 aromatic heterocycles. The minimum Gasteiger partial charge on any atom is -0.397 e. The highest BCUT2D eigenvalue weighted by molar-refractivity contribution is 7.21. The molecule has 0 fully saturated rings. The van der Waals surface area contributed by atoms with Crippen molar-refractivity contribution in [1.82, 2.24) is 4.98 Å². The van der Waals surface area contributed by atoms with Crippen LogP contribution in [0.4, 0.5) is 17.1 Å². The Bertz CT molecular complexity index is 1290. The van der Waals surface area contributed by atoms with Gasteiger partial charge in [0.15, 0.2) is 0 Å². The smallest absolute Gasteiger partial charge is 0.269 e. The van der Waals surface area contributed by atoms with Gasteiger partial charge in [0.25, 0.3) is 11.6 Å². The molecule has 0 aliphatic heterocycles. The molecule has 1 aromatic carbocycles. The molecule has 0 saturated carbocycles. The van der Waals surface area contributed by atoms with E-state index in [0.717, 1.165) is 45.6 Å². The molecular weight excluding hydrogens is 420 g/mol. The van der Waals surface area contributed by atoms with Crippen molar-refractivity contribution in [2.24, 2.45) is 0 Å². The summed E-state index contributed by atoms with van der Waals surface area (Å²) in [5, 5.41) is 16.5. The summed E-state index contributed by atoms with van der Waals surface area (Å²) in [4.78, 5) is 30.4. The second kappa shape index (κ2) is 7.19. The van der Waals surface area contributed by atoms with Crippen LogP contribution in [0.2, 0.25) is 0 Å². The van der Waals surface area contributed by atoms with Gasteiger partial charge in [0.2, 0.25) is 0 Å². The highest BCUT2D eigenvalue weighted by Gasteiger charge is 2.27. The zero-order valence-corrected chi connectivity index (χ0v) is 17.3. The molecule has 30 heavy (non-hydrogen) atoms. The Kier molecular flexibility index (Phi) is 4.48. The first kappa shape index (κ1) is 18.7. The molecule has 0 saturated heterocycles. The molecule has 9 heteroatoms. The highest BCUT2D eigenvalue weighted by atomic mass is 32.1. The number of non-ortho nitro benzene ring substituents is 1. The molecule has 0 bridgehead atoms. The normalized spacial score (nSPS) is 12.8. The number of fused-ring (bicyclic) bond motifs is 2. The standard InChI is InChI=1S/C21H16N4O3S2/c22-18-17-16(15-5-2-10-29-15)13-3-1-4-14(13)24-21(17)30-19(18)20(26)23-11-6-8-12(9-7-11)25(27)28/h2,5-10H,1,3-4,22H2,(H,23,26). The maximum atomic E-state index is 12.9. The number of thiophene rings is 2. The van der Waals surface area contributed by atoms with Gasteiger partial charge in [-0.2, -0.15) is 0 Å². The third-order valence-electron chi connectivity index (χ3n) is 5.21. The van der Waals surface area contributed by atoms with Crippen LogP contribution in [0.5, 0.6) is 0 Å². The lowest BCUT2D eigenvalue weighted by molar-refractivity contribution is -0.384. The number of amides is 1. The molecule has 0 unspecified atom stereocenters. The number of nitro groups is 1. The molecule has 5 rings (SSSR count). The number of nitrogen functional groups attached to an aromatic ring is 1. The molecule has 1 aliphatic rings. The van der Waals surface area contributed by atoms with E-state index in [1.165, 1.54) is 41.2 Å². The Morgan fingerprint density at radius 3 is 2.70 bits per heavy atom. The first-order valence-electron chi connectivity index (χ1n) is 9.36. The second-order valence-corrected chi connectivity index (χ2v) is 8.97. The molecule has 1 amide bonds. The van der Waals surface area contributed by atoms with Crippen molar-refractivity contribution in [2.45, 2.75) is 19.3 Å². The van der Waals surface area contributed by atoms with Gasteiger partial charge in [0, 0.05) is 39.3 Å². The Hall–Kier alpha value is -3.30. The second-order valence-electron chi connectivity index (χ2n) is 7.03.